The number of rotatable bonds is 5. The van der Waals surface area contributed by atoms with Gasteiger partial charge in [0.25, 0.3) is 0 Å². The van der Waals surface area contributed by atoms with Crippen LogP contribution in [-0.4, -0.2) is 36.2 Å². The molecular formula is C12H19N3O2S. The van der Waals surface area contributed by atoms with Crippen LogP contribution in [0.5, 0.6) is 0 Å². The highest BCUT2D eigenvalue weighted by atomic mass is 32.1. The third kappa shape index (κ3) is 3.51. The molecule has 1 aliphatic heterocycles. The van der Waals surface area contributed by atoms with Crippen LogP contribution in [0.2, 0.25) is 0 Å². The summed E-state index contributed by atoms with van der Waals surface area (Å²) >= 11 is 1.63. The van der Waals surface area contributed by atoms with Crippen LogP contribution in [0.25, 0.3) is 0 Å². The maximum atomic E-state index is 11.8. The monoisotopic (exact) mass is 269 g/mol. The van der Waals surface area contributed by atoms with Gasteiger partial charge in [0, 0.05) is 24.9 Å². The number of nitrogens with one attached hydrogen (secondary N) is 1. The van der Waals surface area contributed by atoms with Crippen molar-refractivity contribution in [3.8, 4) is 0 Å². The first-order valence-corrected chi connectivity index (χ1v) is 7.11. The maximum absolute atomic E-state index is 11.8. The van der Waals surface area contributed by atoms with Crippen LogP contribution in [0.1, 0.15) is 23.5 Å². The Morgan fingerprint density at radius 2 is 2.50 bits per heavy atom. The number of aryl methyl sites for hydroxylation is 1. The predicted molar refractivity (Wildman–Crippen MR) is 70.5 cm³/mol. The summed E-state index contributed by atoms with van der Waals surface area (Å²) in [6.07, 6.45) is 2.13. The van der Waals surface area contributed by atoms with Gasteiger partial charge >= 0.3 is 0 Å². The van der Waals surface area contributed by atoms with E-state index >= 15 is 0 Å². The molecule has 2 atom stereocenters. The van der Waals surface area contributed by atoms with Gasteiger partial charge in [-0.25, -0.2) is 4.98 Å². The van der Waals surface area contributed by atoms with Crippen LogP contribution < -0.4 is 11.1 Å². The summed E-state index contributed by atoms with van der Waals surface area (Å²) in [4.78, 5) is 16.2. The zero-order chi connectivity index (χ0) is 13.0. The molecule has 0 radical (unpaired) electrons. The van der Waals surface area contributed by atoms with E-state index in [1.165, 1.54) is 0 Å². The molecule has 0 bridgehead atoms. The van der Waals surface area contributed by atoms with Crippen molar-refractivity contribution in [3.63, 3.8) is 0 Å². The third-order valence-electron chi connectivity index (χ3n) is 3.01. The van der Waals surface area contributed by atoms with Crippen LogP contribution in [0, 0.1) is 6.92 Å². The molecule has 1 saturated heterocycles. The number of thiazole rings is 1. The van der Waals surface area contributed by atoms with Crippen LogP contribution in [-0.2, 0) is 16.0 Å². The van der Waals surface area contributed by atoms with E-state index in [4.69, 9.17) is 10.5 Å². The van der Waals surface area contributed by atoms with Crippen molar-refractivity contribution >= 4 is 17.2 Å². The molecule has 1 aliphatic rings. The highest BCUT2D eigenvalue weighted by Crippen LogP contribution is 2.18. The zero-order valence-electron chi connectivity index (χ0n) is 10.5. The fourth-order valence-corrected chi connectivity index (χ4v) is 2.67. The molecule has 18 heavy (non-hydrogen) atoms. The minimum Gasteiger partial charge on any atom is -0.364 e. The fourth-order valence-electron chi connectivity index (χ4n) is 2.02. The molecule has 2 heterocycles. The largest absolute Gasteiger partial charge is 0.364 e. The Kier molecular flexibility index (Phi) is 4.68. The van der Waals surface area contributed by atoms with Gasteiger partial charge in [0.2, 0.25) is 5.91 Å². The molecule has 2 unspecified atom stereocenters. The second-order valence-corrected chi connectivity index (χ2v) is 5.52. The fraction of sp³-hybridized carbons (Fsp3) is 0.667. The second kappa shape index (κ2) is 6.26. The van der Waals surface area contributed by atoms with Crippen molar-refractivity contribution in [3.05, 3.63) is 16.1 Å². The Morgan fingerprint density at radius 3 is 3.11 bits per heavy atom. The van der Waals surface area contributed by atoms with Crippen LogP contribution in [0.15, 0.2) is 5.38 Å². The Balaban J connectivity index is 1.69. The summed E-state index contributed by atoms with van der Waals surface area (Å²) in [5.74, 6) is -0.0297. The molecule has 1 amide bonds. The average molecular weight is 269 g/mol. The number of hydrogen-bond donors (Lipinski definition) is 2. The number of aromatic nitrogens is 1. The van der Waals surface area contributed by atoms with E-state index in [-0.39, 0.29) is 18.1 Å². The van der Waals surface area contributed by atoms with Gasteiger partial charge in [-0.05, 0) is 19.8 Å². The van der Waals surface area contributed by atoms with Gasteiger partial charge < -0.3 is 15.8 Å². The lowest BCUT2D eigenvalue weighted by Crippen LogP contribution is -2.36. The molecule has 100 valence electrons. The number of ether oxygens (including phenoxy) is 1. The number of nitrogens with two attached hydrogens (primary N) is 1. The highest BCUT2D eigenvalue weighted by molar-refractivity contribution is 7.09. The summed E-state index contributed by atoms with van der Waals surface area (Å²) < 4.78 is 5.53. The maximum Gasteiger partial charge on any atom is 0.249 e. The number of hydrogen-bond acceptors (Lipinski definition) is 5. The van der Waals surface area contributed by atoms with Gasteiger partial charge in [0.1, 0.15) is 6.10 Å². The minimum atomic E-state index is -0.323. The molecule has 3 N–H and O–H groups in total. The van der Waals surface area contributed by atoms with E-state index in [0.29, 0.717) is 13.1 Å². The lowest BCUT2D eigenvalue weighted by atomic mass is 10.2. The first kappa shape index (κ1) is 13.5. The first-order chi connectivity index (χ1) is 8.69. The van der Waals surface area contributed by atoms with Crippen molar-refractivity contribution in [2.75, 3.05) is 13.1 Å². The quantitative estimate of drug-likeness (QED) is 0.821. The van der Waals surface area contributed by atoms with E-state index in [9.17, 15) is 4.79 Å². The van der Waals surface area contributed by atoms with Crippen LogP contribution in [0.3, 0.4) is 0 Å². The number of nitrogens with zero attached hydrogens (tertiary/aromatic N) is 1. The zero-order valence-corrected chi connectivity index (χ0v) is 11.3. The Hall–Kier alpha value is -0.980. The molecule has 2 rings (SSSR count). The van der Waals surface area contributed by atoms with Gasteiger partial charge in [0.05, 0.1) is 16.8 Å². The summed E-state index contributed by atoms with van der Waals surface area (Å²) in [5.41, 5.74) is 6.54. The summed E-state index contributed by atoms with van der Waals surface area (Å²) in [6, 6.07) is 0. The molecule has 1 aromatic rings. The SMILES string of the molecule is Cc1nc(CCNC(=O)C2CCC(CN)O2)cs1. The molecule has 6 heteroatoms. The Labute approximate surface area is 111 Å². The van der Waals surface area contributed by atoms with E-state index in [2.05, 4.69) is 10.3 Å². The summed E-state index contributed by atoms with van der Waals surface area (Å²) in [6.45, 7) is 3.07. The number of amides is 1. The summed E-state index contributed by atoms with van der Waals surface area (Å²) in [5, 5.41) is 5.97. The highest BCUT2D eigenvalue weighted by Gasteiger charge is 2.29. The molecule has 0 spiro atoms. The number of carbonyl (C=O) groups is 1. The molecule has 1 fully saturated rings. The van der Waals surface area contributed by atoms with Gasteiger partial charge in [0.15, 0.2) is 0 Å². The number of carbonyl (C=O) groups excluding carboxylic acids is 1. The van der Waals surface area contributed by atoms with Crippen molar-refractivity contribution in [1.82, 2.24) is 10.3 Å². The molecule has 5 nitrogen and oxygen atoms in total. The Morgan fingerprint density at radius 1 is 1.67 bits per heavy atom. The molecule has 0 aromatic carbocycles. The first-order valence-electron chi connectivity index (χ1n) is 6.23. The van der Waals surface area contributed by atoms with Crippen molar-refractivity contribution in [2.45, 2.75) is 38.4 Å². The van der Waals surface area contributed by atoms with E-state index < -0.39 is 0 Å². The van der Waals surface area contributed by atoms with E-state index in [1.54, 1.807) is 11.3 Å². The van der Waals surface area contributed by atoms with Gasteiger partial charge in [-0.2, -0.15) is 0 Å². The van der Waals surface area contributed by atoms with Crippen molar-refractivity contribution in [2.24, 2.45) is 5.73 Å². The van der Waals surface area contributed by atoms with Crippen LogP contribution >= 0.6 is 11.3 Å². The van der Waals surface area contributed by atoms with Crippen molar-refractivity contribution in [1.29, 1.82) is 0 Å². The molecular weight excluding hydrogens is 250 g/mol. The second-order valence-electron chi connectivity index (χ2n) is 4.46. The molecule has 0 saturated carbocycles. The lowest BCUT2D eigenvalue weighted by molar-refractivity contribution is -0.131. The predicted octanol–water partition coefficient (Wildman–Crippen LogP) is 0.617. The third-order valence-corrected chi connectivity index (χ3v) is 3.83. The average Bonchev–Trinajstić information content (AvgIpc) is 2.98. The molecule has 1 aromatic heterocycles. The smallest absolute Gasteiger partial charge is 0.249 e. The van der Waals surface area contributed by atoms with Gasteiger partial charge in [-0.3, -0.25) is 4.79 Å². The molecule has 0 aliphatic carbocycles. The van der Waals surface area contributed by atoms with E-state index in [0.717, 1.165) is 30.0 Å². The summed E-state index contributed by atoms with van der Waals surface area (Å²) in [7, 11) is 0. The topological polar surface area (TPSA) is 77.2 Å². The normalized spacial score (nSPS) is 23.2. The van der Waals surface area contributed by atoms with Crippen molar-refractivity contribution < 1.29 is 9.53 Å². The van der Waals surface area contributed by atoms with Gasteiger partial charge in [-0.1, -0.05) is 0 Å². The van der Waals surface area contributed by atoms with Gasteiger partial charge in [-0.15, -0.1) is 11.3 Å². The van der Waals surface area contributed by atoms with Crippen LogP contribution in [0.4, 0.5) is 0 Å². The standard InChI is InChI=1S/C12H19N3O2S/c1-8-15-9(7-18-8)4-5-14-12(16)11-3-2-10(6-13)17-11/h7,10-11H,2-6,13H2,1H3,(H,14,16). The Bertz CT molecular complexity index is 408. The van der Waals surface area contributed by atoms with E-state index in [1.807, 2.05) is 12.3 Å². The minimum absolute atomic E-state index is 0.0297. The lowest BCUT2D eigenvalue weighted by Gasteiger charge is -2.12.